The number of aliphatic hydroxyl groups is 1. The number of benzene rings is 2. The quantitative estimate of drug-likeness (QED) is 0.442. The van der Waals surface area contributed by atoms with Gasteiger partial charge in [-0.2, -0.15) is 5.10 Å². The number of halogens is 2. The van der Waals surface area contributed by atoms with Gasteiger partial charge in [0, 0.05) is 11.6 Å². The molecule has 0 aliphatic heterocycles. The van der Waals surface area contributed by atoms with E-state index in [-0.39, 0.29) is 12.2 Å². The number of aliphatic hydroxyl groups excluding tert-OH is 1. The number of carbonyl (C=O) groups excluding carboxylic acids is 2. The number of nitrogens with zero attached hydrogens (tertiary/aromatic N) is 1. The number of rotatable bonds is 8. The van der Waals surface area contributed by atoms with Gasteiger partial charge in [0.05, 0.1) is 5.69 Å². The first-order chi connectivity index (χ1) is 14.9. The molecule has 3 rings (SSSR count). The Morgan fingerprint density at radius 1 is 1.10 bits per heavy atom. The van der Waals surface area contributed by atoms with Crippen molar-refractivity contribution < 1.29 is 23.5 Å². The summed E-state index contributed by atoms with van der Waals surface area (Å²) >= 11 is 0. The van der Waals surface area contributed by atoms with E-state index < -0.39 is 41.2 Å². The highest BCUT2D eigenvalue weighted by molar-refractivity contribution is 5.97. The first-order valence-electron chi connectivity index (χ1n) is 9.74. The number of nitrogens with one attached hydrogen (secondary N) is 3. The second kappa shape index (κ2) is 9.94. The molecule has 0 bridgehead atoms. The number of aromatic nitrogens is 2. The van der Waals surface area contributed by atoms with Crippen LogP contribution in [0.5, 0.6) is 0 Å². The zero-order valence-electron chi connectivity index (χ0n) is 16.7. The van der Waals surface area contributed by atoms with Gasteiger partial charge >= 0.3 is 0 Å². The van der Waals surface area contributed by atoms with Gasteiger partial charge in [-0.25, -0.2) is 8.78 Å². The van der Waals surface area contributed by atoms with Crippen LogP contribution in [0.4, 0.5) is 14.6 Å². The lowest BCUT2D eigenvalue weighted by atomic mass is 10.1. The second-order valence-corrected chi connectivity index (χ2v) is 6.92. The van der Waals surface area contributed by atoms with E-state index in [2.05, 4.69) is 20.8 Å². The molecule has 1 aromatic heterocycles. The zero-order chi connectivity index (χ0) is 22.4. The third-order valence-corrected chi connectivity index (χ3v) is 4.65. The molecule has 2 unspecified atom stereocenters. The Kier molecular flexibility index (Phi) is 7.09. The minimum atomic E-state index is -1.96. The van der Waals surface area contributed by atoms with E-state index in [1.54, 1.807) is 6.07 Å². The van der Waals surface area contributed by atoms with Crippen LogP contribution in [0.15, 0.2) is 54.6 Å². The van der Waals surface area contributed by atoms with Crippen molar-refractivity contribution in [1.82, 2.24) is 15.5 Å². The summed E-state index contributed by atoms with van der Waals surface area (Å²) < 4.78 is 27.3. The van der Waals surface area contributed by atoms with E-state index in [4.69, 9.17) is 0 Å². The van der Waals surface area contributed by atoms with Crippen molar-refractivity contribution in [2.24, 2.45) is 0 Å². The molecule has 9 heteroatoms. The van der Waals surface area contributed by atoms with Crippen molar-refractivity contribution in [1.29, 1.82) is 0 Å². The third-order valence-electron chi connectivity index (χ3n) is 4.65. The lowest BCUT2D eigenvalue weighted by Gasteiger charge is -2.19. The Balaban J connectivity index is 1.68. The van der Waals surface area contributed by atoms with Gasteiger partial charge in [-0.3, -0.25) is 14.7 Å². The summed E-state index contributed by atoms with van der Waals surface area (Å²) in [5.41, 5.74) is 1.08. The number of H-pyrrole nitrogens is 1. The molecule has 0 saturated heterocycles. The van der Waals surface area contributed by atoms with E-state index in [1.165, 1.54) is 6.07 Å². The number of amides is 2. The second-order valence-electron chi connectivity index (χ2n) is 6.92. The van der Waals surface area contributed by atoms with Crippen LogP contribution in [0, 0.1) is 11.6 Å². The lowest BCUT2D eigenvalue weighted by Crippen LogP contribution is -2.45. The summed E-state index contributed by atoms with van der Waals surface area (Å²) in [6, 6.07) is 13.2. The van der Waals surface area contributed by atoms with Crippen LogP contribution in [0.25, 0.3) is 11.3 Å². The summed E-state index contributed by atoms with van der Waals surface area (Å²) in [5.74, 6) is -3.79. The molecular weight excluding hydrogens is 406 g/mol. The number of hydrogen-bond acceptors (Lipinski definition) is 4. The first-order valence-corrected chi connectivity index (χ1v) is 9.74. The van der Waals surface area contributed by atoms with Gasteiger partial charge in [0.25, 0.3) is 5.91 Å². The minimum Gasteiger partial charge on any atom is -0.378 e. The fourth-order valence-corrected chi connectivity index (χ4v) is 3.05. The highest BCUT2D eigenvalue weighted by atomic mass is 19.2. The van der Waals surface area contributed by atoms with Crippen LogP contribution in [0.3, 0.4) is 0 Å². The standard InChI is InChI=1S/C22H22F2N4O3/c1-2-7-16(25-22(31)20(29)14-10-6-11-15(23)19(14)24)21(30)26-18-12-17(27-28-18)13-8-4-3-5-9-13/h3-6,8-12,16,20,29H,2,7H2,1H3,(H,25,31)(H2,26,27,28,30). The fourth-order valence-electron chi connectivity index (χ4n) is 3.05. The summed E-state index contributed by atoms with van der Waals surface area (Å²) in [4.78, 5) is 25.1. The van der Waals surface area contributed by atoms with Crippen molar-refractivity contribution in [3.8, 4) is 11.3 Å². The van der Waals surface area contributed by atoms with E-state index in [0.29, 0.717) is 12.1 Å². The van der Waals surface area contributed by atoms with Crippen molar-refractivity contribution in [2.75, 3.05) is 5.32 Å². The van der Waals surface area contributed by atoms with Gasteiger partial charge in [0.15, 0.2) is 23.6 Å². The smallest absolute Gasteiger partial charge is 0.254 e. The summed E-state index contributed by atoms with van der Waals surface area (Å²) in [7, 11) is 0. The van der Waals surface area contributed by atoms with Crippen molar-refractivity contribution in [2.45, 2.75) is 31.9 Å². The maximum absolute atomic E-state index is 13.9. The molecule has 7 nitrogen and oxygen atoms in total. The Bertz CT molecular complexity index is 1060. The van der Waals surface area contributed by atoms with Gasteiger partial charge in [0.1, 0.15) is 6.04 Å². The number of carbonyl (C=O) groups is 2. The summed E-state index contributed by atoms with van der Waals surface area (Å²) in [6.45, 7) is 1.82. The van der Waals surface area contributed by atoms with Gasteiger partial charge in [-0.1, -0.05) is 55.8 Å². The molecule has 162 valence electrons. The van der Waals surface area contributed by atoms with E-state index in [9.17, 15) is 23.5 Å². The topological polar surface area (TPSA) is 107 Å². The molecule has 2 aromatic carbocycles. The van der Waals surface area contributed by atoms with Crippen molar-refractivity contribution in [3.63, 3.8) is 0 Å². The SMILES string of the molecule is CCCC(NC(=O)C(O)c1cccc(F)c1F)C(=O)Nc1cc(-c2ccccc2)[nH]n1. The number of hydrogen-bond donors (Lipinski definition) is 4. The van der Waals surface area contributed by atoms with Crippen LogP contribution in [0.2, 0.25) is 0 Å². The maximum atomic E-state index is 13.9. The highest BCUT2D eigenvalue weighted by Gasteiger charge is 2.27. The van der Waals surface area contributed by atoms with Crippen molar-refractivity contribution >= 4 is 17.6 Å². The van der Waals surface area contributed by atoms with Gasteiger partial charge in [0.2, 0.25) is 5.91 Å². The molecule has 2 atom stereocenters. The molecule has 4 N–H and O–H groups in total. The van der Waals surface area contributed by atoms with Crippen LogP contribution in [0.1, 0.15) is 31.4 Å². The van der Waals surface area contributed by atoms with E-state index in [1.807, 2.05) is 37.3 Å². The van der Waals surface area contributed by atoms with E-state index >= 15 is 0 Å². The molecule has 3 aromatic rings. The molecule has 1 heterocycles. The van der Waals surface area contributed by atoms with Crippen molar-refractivity contribution in [3.05, 3.63) is 71.8 Å². The predicted molar refractivity (Wildman–Crippen MR) is 111 cm³/mol. The summed E-state index contributed by atoms with van der Waals surface area (Å²) in [5, 5.41) is 22.0. The largest absolute Gasteiger partial charge is 0.378 e. The van der Waals surface area contributed by atoms with Gasteiger partial charge in [-0.05, 0) is 18.1 Å². The molecule has 0 spiro atoms. The zero-order valence-corrected chi connectivity index (χ0v) is 16.7. The fraction of sp³-hybridized carbons (Fsp3) is 0.227. The van der Waals surface area contributed by atoms with Crippen LogP contribution in [-0.2, 0) is 9.59 Å². The normalized spacial score (nSPS) is 12.8. The Hall–Kier alpha value is -3.59. The monoisotopic (exact) mass is 428 g/mol. The Morgan fingerprint density at radius 3 is 2.55 bits per heavy atom. The van der Waals surface area contributed by atoms with Crippen LogP contribution in [-0.4, -0.2) is 33.2 Å². The molecule has 2 amide bonds. The average Bonchev–Trinajstić information content (AvgIpc) is 3.24. The van der Waals surface area contributed by atoms with E-state index in [0.717, 1.165) is 17.7 Å². The first kappa shape index (κ1) is 22.1. The highest BCUT2D eigenvalue weighted by Crippen LogP contribution is 2.21. The molecule has 0 radical (unpaired) electrons. The van der Waals surface area contributed by atoms with Gasteiger partial charge in [-0.15, -0.1) is 0 Å². The third kappa shape index (κ3) is 5.32. The minimum absolute atomic E-state index is 0.260. The lowest BCUT2D eigenvalue weighted by molar-refractivity contribution is -0.133. The average molecular weight is 428 g/mol. The molecular formula is C22H22F2N4O3. The number of aromatic amines is 1. The molecule has 0 fully saturated rings. The molecule has 0 saturated carbocycles. The Labute approximate surface area is 177 Å². The molecule has 31 heavy (non-hydrogen) atoms. The van der Waals surface area contributed by atoms with Crippen LogP contribution < -0.4 is 10.6 Å². The van der Waals surface area contributed by atoms with Crippen LogP contribution >= 0.6 is 0 Å². The maximum Gasteiger partial charge on any atom is 0.254 e. The predicted octanol–water partition coefficient (Wildman–Crippen LogP) is 3.31. The molecule has 0 aliphatic carbocycles. The molecule has 0 aliphatic rings. The Morgan fingerprint density at radius 2 is 1.84 bits per heavy atom. The summed E-state index contributed by atoms with van der Waals surface area (Å²) in [6.07, 6.45) is -1.14. The number of anilines is 1. The van der Waals surface area contributed by atoms with Gasteiger partial charge < -0.3 is 15.7 Å².